The van der Waals surface area contributed by atoms with Crippen LogP contribution in [0.4, 0.5) is 34.1 Å². The van der Waals surface area contributed by atoms with E-state index in [9.17, 15) is 0 Å². The molecule has 0 amide bonds. The van der Waals surface area contributed by atoms with E-state index in [2.05, 4.69) is 497 Å². The molecule has 0 radical (unpaired) electrons. The molecule has 0 N–H and O–H groups in total. The molecule has 1 aromatic heterocycles. The minimum Gasteiger partial charge on any atom is -0.310 e. The first-order valence-electron chi connectivity index (χ1n) is 47.9. The highest BCUT2D eigenvalue weighted by atomic mass is 15.2. The van der Waals surface area contributed by atoms with E-state index < -0.39 is 5.41 Å². The number of rotatable bonds is 8. The molecular formula is C124H152BN3. The zero-order valence-corrected chi connectivity index (χ0v) is 86.1. The number of hydrogen-bond acceptors (Lipinski definition) is 2. The van der Waals surface area contributed by atoms with Crippen LogP contribution in [0.1, 0.15) is 342 Å². The summed E-state index contributed by atoms with van der Waals surface area (Å²) in [5.74, 6) is 0. The van der Waals surface area contributed by atoms with E-state index >= 15 is 0 Å². The van der Waals surface area contributed by atoms with Crippen molar-refractivity contribution < 1.29 is 0 Å². The summed E-state index contributed by atoms with van der Waals surface area (Å²) < 4.78 is 2.62. The van der Waals surface area contributed by atoms with Gasteiger partial charge >= 0.3 is 0 Å². The maximum Gasteiger partial charge on any atom is 0.252 e. The Hall–Kier alpha value is -9.90. The number of anilines is 6. The number of aromatic nitrogens is 1. The molecule has 3 nitrogen and oxygen atoms in total. The van der Waals surface area contributed by atoms with E-state index in [4.69, 9.17) is 0 Å². The highest BCUT2D eigenvalue weighted by Gasteiger charge is 2.48. The van der Waals surface area contributed by atoms with Crippen molar-refractivity contribution in [2.75, 3.05) is 9.80 Å². The predicted molar refractivity (Wildman–Crippen MR) is 565 cm³/mol. The highest BCUT2D eigenvalue weighted by molar-refractivity contribution is 7.00. The molecule has 3 heterocycles. The summed E-state index contributed by atoms with van der Waals surface area (Å²) in [7, 11) is 0. The van der Waals surface area contributed by atoms with Crippen molar-refractivity contribution in [3.63, 3.8) is 0 Å². The molecule has 4 heteroatoms. The zero-order valence-electron chi connectivity index (χ0n) is 86.1. The normalized spacial score (nSPS) is 14.2. The number of fused-ring (bicyclic) bond motifs is 7. The molecular weight excluding hydrogens is 1540 g/mol. The van der Waals surface area contributed by atoms with Gasteiger partial charge in [0.15, 0.2) is 0 Å². The molecule has 2 aliphatic heterocycles. The monoisotopic (exact) mass is 1690 g/mol. The fourth-order valence-corrected chi connectivity index (χ4v) is 19.6. The minimum absolute atomic E-state index is 0.0818. The Balaban J connectivity index is 1.22. The Kier molecular flexibility index (Phi) is 22.4. The maximum absolute atomic E-state index is 2.86. The SMILES string of the molecule is CC(C)(C)c1ccc(-c2cc(C(C)(C)C)cc(-c3cc(C(C)(C)C)ccc3C(C)(C)C)c2N2c3cc(-c4cc(C(C)(C)C)cc(C(C)(C)C)c4)ccc3B3c4ccc(-n5c6ccc(C(C)(C)C)cc6c6cc(C(C)(C)C)ccc65)cc4N(c4c(-c5ccc(C(C)(C)C)cc5)cc(C(C)(C)C)cc4-c4ccc(C(C)(C)C)cc4C(C)(C)C)c4cc(C(C)(C)C)cc2c43)cc1. The summed E-state index contributed by atoms with van der Waals surface area (Å²) in [6, 6.07) is 88.1. The number of hydrogen-bond donors (Lipinski definition) is 0. The minimum atomic E-state index is -0.391. The van der Waals surface area contributed by atoms with Crippen LogP contribution in [-0.2, 0) is 70.4 Å². The van der Waals surface area contributed by atoms with E-state index in [1.165, 1.54) is 189 Å². The Morgan fingerprint density at radius 3 is 0.898 bits per heavy atom. The van der Waals surface area contributed by atoms with Gasteiger partial charge in [-0.05, 0) is 271 Å². The molecule has 13 aromatic rings. The van der Waals surface area contributed by atoms with E-state index in [0.29, 0.717) is 0 Å². The Morgan fingerprint density at radius 2 is 0.500 bits per heavy atom. The van der Waals surface area contributed by atoms with Crippen molar-refractivity contribution in [2.45, 2.75) is 340 Å². The average Bonchev–Trinajstić information content (AvgIpc) is 0.918. The number of benzene rings is 12. The van der Waals surface area contributed by atoms with Gasteiger partial charge in [0.05, 0.1) is 22.4 Å². The lowest BCUT2D eigenvalue weighted by Crippen LogP contribution is -2.61. The van der Waals surface area contributed by atoms with Gasteiger partial charge in [-0.2, -0.15) is 0 Å². The second kappa shape index (κ2) is 30.9. The number of nitrogens with zero attached hydrogens (tertiary/aromatic N) is 3. The maximum atomic E-state index is 2.86. The second-order valence-corrected chi connectivity index (χ2v) is 51.9. The van der Waals surface area contributed by atoms with Crippen molar-refractivity contribution in [3.05, 3.63) is 285 Å². The molecule has 0 saturated carbocycles. The first-order chi connectivity index (χ1) is 58.7. The molecule has 0 atom stereocenters. The van der Waals surface area contributed by atoms with Gasteiger partial charge < -0.3 is 14.4 Å². The van der Waals surface area contributed by atoms with Gasteiger partial charge in [-0.25, -0.2) is 0 Å². The largest absolute Gasteiger partial charge is 0.310 e. The molecule has 0 unspecified atom stereocenters. The average molecular weight is 1700 g/mol. The van der Waals surface area contributed by atoms with Crippen molar-refractivity contribution in [1.82, 2.24) is 4.57 Å². The predicted octanol–water partition coefficient (Wildman–Crippen LogP) is 34.1. The first-order valence-corrected chi connectivity index (χ1v) is 47.9. The van der Waals surface area contributed by atoms with Crippen LogP contribution in [-0.4, -0.2) is 11.3 Å². The van der Waals surface area contributed by atoms with Crippen LogP contribution in [0.3, 0.4) is 0 Å². The van der Waals surface area contributed by atoms with Crippen LogP contribution in [0.15, 0.2) is 212 Å². The third kappa shape index (κ3) is 17.3. The van der Waals surface area contributed by atoms with Gasteiger partial charge in [-0.1, -0.05) is 403 Å². The van der Waals surface area contributed by atoms with E-state index in [1.807, 2.05) is 0 Å². The van der Waals surface area contributed by atoms with E-state index in [1.54, 1.807) is 0 Å². The Morgan fingerprint density at radius 1 is 0.188 bits per heavy atom. The molecule has 12 aromatic carbocycles. The van der Waals surface area contributed by atoms with Crippen LogP contribution in [0.2, 0.25) is 0 Å². The van der Waals surface area contributed by atoms with Gasteiger partial charge in [0.2, 0.25) is 0 Å². The van der Waals surface area contributed by atoms with Crippen LogP contribution in [0.5, 0.6) is 0 Å². The zero-order chi connectivity index (χ0) is 93.9. The van der Waals surface area contributed by atoms with Crippen molar-refractivity contribution >= 4 is 79.0 Å². The lowest BCUT2D eigenvalue weighted by Gasteiger charge is -2.47. The summed E-state index contributed by atoms with van der Waals surface area (Å²) >= 11 is 0. The van der Waals surface area contributed by atoms with Gasteiger partial charge in [0.1, 0.15) is 0 Å². The van der Waals surface area contributed by atoms with Crippen molar-refractivity contribution in [3.8, 4) is 61.3 Å². The quantitative estimate of drug-likeness (QED) is 0.141. The summed E-state index contributed by atoms with van der Waals surface area (Å²) in [5, 5.41) is 2.54. The third-order valence-electron chi connectivity index (χ3n) is 28.2. The molecule has 0 aliphatic carbocycles. The Bertz CT molecular complexity index is 6440. The highest BCUT2D eigenvalue weighted by Crippen LogP contribution is 2.58. The molecule has 0 spiro atoms. The fourth-order valence-electron chi connectivity index (χ4n) is 19.6. The summed E-state index contributed by atoms with van der Waals surface area (Å²) in [6.45, 7) is 93.1. The van der Waals surface area contributed by atoms with Crippen LogP contribution >= 0.6 is 0 Å². The van der Waals surface area contributed by atoms with E-state index in [0.717, 1.165) is 17.1 Å². The topological polar surface area (TPSA) is 11.4 Å². The summed E-state index contributed by atoms with van der Waals surface area (Å²) in [4.78, 5) is 5.72. The molecule has 128 heavy (non-hydrogen) atoms. The molecule has 2 aliphatic rings. The van der Waals surface area contributed by atoms with Crippen molar-refractivity contribution in [1.29, 1.82) is 0 Å². The Labute approximate surface area is 774 Å². The van der Waals surface area contributed by atoms with Gasteiger partial charge in [0, 0.05) is 61.5 Å². The van der Waals surface area contributed by atoms with Crippen molar-refractivity contribution in [2.24, 2.45) is 0 Å². The standard InChI is InChI=1S/C124H152BN3/c1-112(2,3)79-45-40-75(41-46-79)92-67-87(120(25,26)27)69-97(91-54-49-84(117(16,17)18)71-100(91)124(37,38)39)110(92)128-106-74-90(126-103-58-51-82(115(10,11)12)65-95(103)96-66-83(116(13,14)15)52-59-104(96)126)53-57-102(106)125-101-56-44-77(78-60-85(118(19,20)21)63-86(61-78)119(22,23)24)62-105(101)127(107-72-89(122(31,32)33)73-108(128)109(107)125)111-93(76-42-47-80(48-43-76)113(4,5)6)68-88(121(28,29)30)70-98(111)94-64-81(114(7,8)9)50-55-99(94)123(34,35)36/h40-74H,1-39H3. The van der Waals surface area contributed by atoms with Crippen LogP contribution in [0.25, 0.3) is 83.1 Å². The van der Waals surface area contributed by atoms with Gasteiger partial charge in [0.25, 0.3) is 6.71 Å². The second-order valence-electron chi connectivity index (χ2n) is 51.9. The molecule has 0 saturated heterocycles. The van der Waals surface area contributed by atoms with Crippen LogP contribution in [0, 0.1) is 0 Å². The molecule has 0 bridgehead atoms. The first kappa shape index (κ1) is 92.8. The van der Waals surface area contributed by atoms with Gasteiger partial charge in [-0.3, -0.25) is 0 Å². The van der Waals surface area contributed by atoms with E-state index in [-0.39, 0.29) is 71.7 Å². The van der Waals surface area contributed by atoms with Crippen LogP contribution < -0.4 is 26.2 Å². The molecule has 0 fully saturated rings. The lowest BCUT2D eigenvalue weighted by molar-refractivity contribution is 0.568. The summed E-state index contributed by atoms with van der Waals surface area (Å²) in [6.07, 6.45) is 0. The smallest absolute Gasteiger partial charge is 0.252 e. The van der Waals surface area contributed by atoms with Gasteiger partial charge in [-0.15, -0.1) is 0 Å². The third-order valence-corrected chi connectivity index (χ3v) is 28.2. The summed E-state index contributed by atoms with van der Waals surface area (Å²) in [5.41, 5.74) is 41.1. The molecule has 666 valence electrons. The fraction of sp³-hybridized carbons (Fsp3) is 0.419. The lowest BCUT2D eigenvalue weighted by atomic mass is 9.33. The molecule has 15 rings (SSSR count).